The largest absolute Gasteiger partial charge is 0.355 e. The quantitative estimate of drug-likeness (QED) is 0.873. The molecule has 0 saturated carbocycles. The third-order valence-corrected chi connectivity index (χ3v) is 3.25. The normalized spacial score (nSPS) is 10.9. The third-order valence-electron chi connectivity index (χ3n) is 3.25. The monoisotopic (exact) mass is 275 g/mol. The SMILES string of the molecule is CCCNC(=O)Cn1c(=O)n(CCC)c2ccccc21. The number of imidazole rings is 1. The van der Waals surface area contributed by atoms with Crippen LogP contribution in [0.4, 0.5) is 0 Å². The minimum absolute atomic E-state index is 0.0794. The number of carbonyl (C=O) groups excluding carboxylic acids is 1. The highest BCUT2D eigenvalue weighted by molar-refractivity contribution is 5.80. The number of nitrogens with zero attached hydrogens (tertiary/aromatic N) is 2. The van der Waals surface area contributed by atoms with Crippen molar-refractivity contribution in [2.45, 2.75) is 39.8 Å². The van der Waals surface area contributed by atoms with Crippen molar-refractivity contribution in [3.8, 4) is 0 Å². The van der Waals surface area contributed by atoms with Crippen LogP contribution in [0.1, 0.15) is 26.7 Å². The lowest BCUT2D eigenvalue weighted by Gasteiger charge is -2.04. The number of nitrogens with one attached hydrogen (secondary N) is 1. The molecule has 1 N–H and O–H groups in total. The van der Waals surface area contributed by atoms with E-state index in [2.05, 4.69) is 5.32 Å². The minimum atomic E-state index is -0.117. The first kappa shape index (κ1) is 14.4. The molecule has 20 heavy (non-hydrogen) atoms. The van der Waals surface area contributed by atoms with Gasteiger partial charge < -0.3 is 5.32 Å². The summed E-state index contributed by atoms with van der Waals surface area (Å²) in [4.78, 5) is 24.3. The molecule has 0 bridgehead atoms. The average Bonchev–Trinajstić information content (AvgIpc) is 2.71. The van der Waals surface area contributed by atoms with Crippen LogP contribution < -0.4 is 11.0 Å². The second-order valence-corrected chi connectivity index (χ2v) is 4.86. The number of amides is 1. The summed E-state index contributed by atoms with van der Waals surface area (Å²) in [6.45, 7) is 5.42. The van der Waals surface area contributed by atoms with Crippen molar-refractivity contribution >= 4 is 16.9 Å². The average molecular weight is 275 g/mol. The molecular formula is C15H21N3O2. The van der Waals surface area contributed by atoms with E-state index in [0.717, 1.165) is 23.9 Å². The maximum Gasteiger partial charge on any atom is 0.329 e. The summed E-state index contributed by atoms with van der Waals surface area (Å²) < 4.78 is 3.29. The molecule has 2 aromatic rings. The molecule has 0 unspecified atom stereocenters. The summed E-state index contributed by atoms with van der Waals surface area (Å²) in [6.07, 6.45) is 1.77. The van der Waals surface area contributed by atoms with Crippen LogP contribution in [0.5, 0.6) is 0 Å². The predicted octanol–water partition coefficient (Wildman–Crippen LogP) is 1.74. The zero-order valence-corrected chi connectivity index (χ0v) is 12.1. The van der Waals surface area contributed by atoms with Crippen molar-refractivity contribution in [3.05, 3.63) is 34.7 Å². The highest BCUT2D eigenvalue weighted by Crippen LogP contribution is 2.12. The second-order valence-electron chi connectivity index (χ2n) is 4.86. The molecule has 1 aromatic heterocycles. The molecule has 0 aliphatic carbocycles. The minimum Gasteiger partial charge on any atom is -0.355 e. The molecule has 1 heterocycles. The van der Waals surface area contributed by atoms with E-state index < -0.39 is 0 Å². The first-order valence-corrected chi connectivity index (χ1v) is 7.13. The number of hydrogen-bond donors (Lipinski definition) is 1. The van der Waals surface area contributed by atoms with Crippen molar-refractivity contribution in [1.82, 2.24) is 14.5 Å². The maximum atomic E-state index is 12.4. The van der Waals surface area contributed by atoms with Gasteiger partial charge in [0.2, 0.25) is 5.91 Å². The van der Waals surface area contributed by atoms with Gasteiger partial charge in [-0.3, -0.25) is 13.9 Å². The summed E-state index contributed by atoms with van der Waals surface area (Å²) in [6, 6.07) is 7.61. The van der Waals surface area contributed by atoms with Crippen molar-refractivity contribution in [2.24, 2.45) is 0 Å². The second kappa shape index (κ2) is 6.41. The van der Waals surface area contributed by atoms with E-state index in [1.54, 1.807) is 9.13 Å². The summed E-state index contributed by atoms with van der Waals surface area (Å²) in [7, 11) is 0. The van der Waals surface area contributed by atoms with E-state index in [1.807, 2.05) is 38.1 Å². The maximum absolute atomic E-state index is 12.4. The van der Waals surface area contributed by atoms with Gasteiger partial charge in [-0.15, -0.1) is 0 Å². The first-order chi connectivity index (χ1) is 9.69. The zero-order chi connectivity index (χ0) is 14.5. The number of rotatable bonds is 6. The van der Waals surface area contributed by atoms with Gasteiger partial charge in [0.25, 0.3) is 0 Å². The van der Waals surface area contributed by atoms with Crippen LogP contribution in [-0.2, 0) is 17.9 Å². The van der Waals surface area contributed by atoms with E-state index in [-0.39, 0.29) is 18.1 Å². The molecular weight excluding hydrogens is 254 g/mol. The van der Waals surface area contributed by atoms with Gasteiger partial charge in [-0.05, 0) is 25.0 Å². The highest BCUT2D eigenvalue weighted by atomic mass is 16.2. The number of aryl methyl sites for hydroxylation is 1. The Labute approximate surface area is 118 Å². The lowest BCUT2D eigenvalue weighted by molar-refractivity contribution is -0.121. The Morgan fingerprint density at radius 1 is 1.10 bits per heavy atom. The number of hydrogen-bond acceptors (Lipinski definition) is 2. The Bertz CT molecular complexity index is 655. The molecule has 0 radical (unpaired) electrons. The first-order valence-electron chi connectivity index (χ1n) is 7.13. The summed E-state index contributed by atoms with van der Waals surface area (Å²) in [5.74, 6) is -0.117. The molecule has 5 heteroatoms. The molecule has 2 rings (SSSR count). The molecule has 0 atom stereocenters. The molecule has 108 valence electrons. The molecule has 0 spiro atoms. The topological polar surface area (TPSA) is 56.0 Å². The van der Waals surface area contributed by atoms with Crippen molar-refractivity contribution < 1.29 is 4.79 Å². The summed E-state index contributed by atoms with van der Waals surface area (Å²) >= 11 is 0. The molecule has 5 nitrogen and oxygen atoms in total. The van der Waals surface area contributed by atoms with Crippen LogP contribution in [0, 0.1) is 0 Å². The Morgan fingerprint density at radius 2 is 1.75 bits per heavy atom. The van der Waals surface area contributed by atoms with Gasteiger partial charge in [0.1, 0.15) is 6.54 Å². The number of benzene rings is 1. The number of carbonyl (C=O) groups is 1. The number of para-hydroxylation sites is 2. The molecule has 1 aromatic carbocycles. The van der Waals surface area contributed by atoms with Crippen molar-refractivity contribution in [2.75, 3.05) is 6.54 Å². The van der Waals surface area contributed by atoms with E-state index >= 15 is 0 Å². The standard InChI is InChI=1S/C15H21N3O2/c1-3-9-16-14(19)11-18-13-8-6-5-7-12(13)17(10-4-2)15(18)20/h5-8H,3-4,9-11H2,1-2H3,(H,16,19). The Morgan fingerprint density at radius 3 is 2.35 bits per heavy atom. The van der Waals surface area contributed by atoms with Gasteiger partial charge in [0.05, 0.1) is 11.0 Å². The van der Waals surface area contributed by atoms with Gasteiger partial charge in [-0.2, -0.15) is 0 Å². The van der Waals surface area contributed by atoms with Crippen LogP contribution in [0.2, 0.25) is 0 Å². The van der Waals surface area contributed by atoms with Gasteiger partial charge in [-0.25, -0.2) is 4.79 Å². The van der Waals surface area contributed by atoms with Crippen molar-refractivity contribution in [3.63, 3.8) is 0 Å². The lowest BCUT2D eigenvalue weighted by Crippen LogP contribution is -2.33. The molecule has 0 aliphatic rings. The Balaban J connectivity index is 2.40. The highest BCUT2D eigenvalue weighted by Gasteiger charge is 2.14. The Kier molecular flexibility index (Phi) is 4.61. The van der Waals surface area contributed by atoms with Gasteiger partial charge >= 0.3 is 5.69 Å². The van der Waals surface area contributed by atoms with Gasteiger partial charge in [0.15, 0.2) is 0 Å². The van der Waals surface area contributed by atoms with Crippen molar-refractivity contribution in [1.29, 1.82) is 0 Å². The molecule has 0 saturated heterocycles. The fourth-order valence-corrected chi connectivity index (χ4v) is 2.33. The van der Waals surface area contributed by atoms with Gasteiger partial charge in [-0.1, -0.05) is 26.0 Å². The van der Waals surface area contributed by atoms with E-state index in [0.29, 0.717) is 13.1 Å². The number of fused-ring (bicyclic) bond motifs is 1. The summed E-state index contributed by atoms with van der Waals surface area (Å²) in [5, 5.41) is 2.81. The van der Waals surface area contributed by atoms with E-state index in [1.165, 1.54) is 0 Å². The molecule has 0 fully saturated rings. The van der Waals surface area contributed by atoms with Crippen LogP contribution in [0.25, 0.3) is 11.0 Å². The fraction of sp³-hybridized carbons (Fsp3) is 0.467. The van der Waals surface area contributed by atoms with E-state index in [9.17, 15) is 9.59 Å². The predicted molar refractivity (Wildman–Crippen MR) is 79.8 cm³/mol. The van der Waals surface area contributed by atoms with Crippen LogP contribution >= 0.6 is 0 Å². The number of aromatic nitrogens is 2. The van der Waals surface area contributed by atoms with Gasteiger partial charge in [0, 0.05) is 13.1 Å². The van der Waals surface area contributed by atoms with Crippen LogP contribution in [-0.4, -0.2) is 21.6 Å². The fourth-order valence-electron chi connectivity index (χ4n) is 2.33. The van der Waals surface area contributed by atoms with Crippen LogP contribution in [0.15, 0.2) is 29.1 Å². The molecule has 1 amide bonds. The Hall–Kier alpha value is -2.04. The molecule has 0 aliphatic heterocycles. The lowest BCUT2D eigenvalue weighted by atomic mass is 10.3. The zero-order valence-electron chi connectivity index (χ0n) is 12.1. The summed E-state index contributed by atoms with van der Waals surface area (Å²) in [5.41, 5.74) is 1.60. The van der Waals surface area contributed by atoms with E-state index in [4.69, 9.17) is 0 Å². The smallest absolute Gasteiger partial charge is 0.329 e. The van der Waals surface area contributed by atoms with Crippen LogP contribution in [0.3, 0.4) is 0 Å². The third kappa shape index (κ3) is 2.76.